The summed E-state index contributed by atoms with van der Waals surface area (Å²) in [5, 5.41) is 10.8. The zero-order valence-corrected chi connectivity index (χ0v) is 12.7. The van der Waals surface area contributed by atoms with E-state index >= 15 is 0 Å². The van der Waals surface area contributed by atoms with Crippen LogP contribution in [0.15, 0.2) is 66.7 Å². The maximum atomic E-state index is 11.8. The maximum absolute atomic E-state index is 11.8. The number of nitrogens with zero attached hydrogens (tertiary/aromatic N) is 1. The Kier molecular flexibility index (Phi) is 5.91. The van der Waals surface area contributed by atoms with E-state index in [4.69, 9.17) is 0 Å². The Hall–Kier alpha value is -2.40. The normalized spacial score (nSPS) is 10.7. The lowest BCUT2D eigenvalue weighted by Gasteiger charge is -1.99. The highest BCUT2D eigenvalue weighted by molar-refractivity contribution is 8.13. The number of allylic oxidation sites excluding steroid dienone is 1. The molecule has 2 aromatic rings. The van der Waals surface area contributed by atoms with Crippen molar-refractivity contribution in [1.29, 1.82) is 0 Å². The van der Waals surface area contributed by atoms with Gasteiger partial charge in [0.1, 0.15) is 0 Å². The first kappa shape index (κ1) is 16.0. The van der Waals surface area contributed by atoms with Gasteiger partial charge >= 0.3 is 0 Å². The van der Waals surface area contributed by atoms with Crippen molar-refractivity contribution in [3.63, 3.8) is 0 Å². The first-order valence-corrected chi connectivity index (χ1v) is 7.75. The van der Waals surface area contributed by atoms with Crippen LogP contribution in [0.4, 0.5) is 5.69 Å². The third-order valence-electron chi connectivity index (χ3n) is 3.00. The van der Waals surface area contributed by atoms with Crippen LogP contribution in [-0.4, -0.2) is 10.0 Å². The van der Waals surface area contributed by atoms with Crippen LogP contribution in [0.2, 0.25) is 0 Å². The van der Waals surface area contributed by atoms with E-state index in [0.717, 1.165) is 5.56 Å². The van der Waals surface area contributed by atoms with Crippen LogP contribution >= 0.6 is 11.8 Å². The lowest BCUT2D eigenvalue weighted by Crippen LogP contribution is -1.94. The minimum absolute atomic E-state index is 0.0533. The molecule has 0 bridgehead atoms. The van der Waals surface area contributed by atoms with Crippen LogP contribution in [0.1, 0.15) is 11.1 Å². The summed E-state index contributed by atoms with van der Waals surface area (Å²) >= 11 is 1.22. The molecule has 0 fully saturated rings. The van der Waals surface area contributed by atoms with Crippen LogP contribution in [-0.2, 0) is 17.0 Å². The molecule has 0 spiro atoms. The minimum Gasteiger partial charge on any atom is -0.282 e. The molecule has 0 unspecified atom stereocenters. The molecule has 0 saturated heterocycles. The fraction of sp³-hybridized carbons (Fsp3) is 0.118. The van der Waals surface area contributed by atoms with Gasteiger partial charge < -0.3 is 0 Å². The highest BCUT2D eigenvalue weighted by Crippen LogP contribution is 2.19. The molecular formula is C17H15NO3S. The van der Waals surface area contributed by atoms with Crippen LogP contribution < -0.4 is 0 Å². The first-order chi connectivity index (χ1) is 10.7. The van der Waals surface area contributed by atoms with Gasteiger partial charge in [0.25, 0.3) is 5.69 Å². The lowest BCUT2D eigenvalue weighted by atomic mass is 10.1. The summed E-state index contributed by atoms with van der Waals surface area (Å²) in [7, 11) is 0. The molecule has 4 nitrogen and oxygen atoms in total. The Balaban J connectivity index is 1.87. The highest BCUT2D eigenvalue weighted by Gasteiger charge is 2.10. The van der Waals surface area contributed by atoms with Crippen molar-refractivity contribution in [2.75, 3.05) is 0 Å². The zero-order chi connectivity index (χ0) is 15.8. The molecule has 0 aliphatic rings. The second-order valence-corrected chi connectivity index (χ2v) is 5.57. The summed E-state index contributed by atoms with van der Waals surface area (Å²) in [4.78, 5) is 22.2. The smallest absolute Gasteiger partial charge is 0.272 e. The number of hydrogen-bond donors (Lipinski definition) is 0. The third kappa shape index (κ3) is 4.86. The number of rotatable bonds is 6. The van der Waals surface area contributed by atoms with Crippen molar-refractivity contribution in [1.82, 2.24) is 0 Å². The second kappa shape index (κ2) is 8.14. The first-order valence-electron chi connectivity index (χ1n) is 6.76. The Morgan fingerprint density at radius 1 is 1.09 bits per heavy atom. The van der Waals surface area contributed by atoms with Crippen LogP contribution in [0, 0.1) is 10.1 Å². The van der Waals surface area contributed by atoms with E-state index in [0.29, 0.717) is 17.7 Å². The number of benzene rings is 2. The van der Waals surface area contributed by atoms with Gasteiger partial charge in [-0.25, -0.2) is 0 Å². The highest BCUT2D eigenvalue weighted by atomic mass is 32.2. The number of hydrogen-bond acceptors (Lipinski definition) is 4. The molecule has 0 saturated carbocycles. The molecule has 22 heavy (non-hydrogen) atoms. The molecule has 112 valence electrons. The summed E-state index contributed by atoms with van der Waals surface area (Å²) in [6, 6.07) is 16.3. The number of thioether (sulfide) groups is 1. The summed E-state index contributed by atoms with van der Waals surface area (Å²) in [6.45, 7) is 0. The van der Waals surface area contributed by atoms with Crippen molar-refractivity contribution >= 4 is 22.6 Å². The van der Waals surface area contributed by atoms with Gasteiger partial charge in [0.05, 0.1) is 4.92 Å². The quantitative estimate of drug-likeness (QED) is 0.456. The van der Waals surface area contributed by atoms with Crippen molar-refractivity contribution in [2.45, 2.75) is 12.2 Å². The van der Waals surface area contributed by atoms with E-state index in [9.17, 15) is 14.9 Å². The summed E-state index contributed by atoms with van der Waals surface area (Å²) < 4.78 is 0. The van der Waals surface area contributed by atoms with E-state index in [1.807, 2.05) is 30.3 Å². The van der Waals surface area contributed by atoms with Gasteiger partial charge in [-0.15, -0.1) is 0 Å². The fourth-order valence-corrected chi connectivity index (χ4v) is 2.61. The Bertz CT molecular complexity index is 683. The molecular weight excluding hydrogens is 298 g/mol. The fourth-order valence-electron chi connectivity index (χ4n) is 1.92. The van der Waals surface area contributed by atoms with Crippen molar-refractivity contribution in [3.8, 4) is 0 Å². The SMILES string of the molecule is O=C(/C=C/Cc1ccccc1[N+](=O)[O-])SCc1ccccc1. The largest absolute Gasteiger partial charge is 0.282 e. The standard InChI is InChI=1S/C17H15NO3S/c19-17(22-13-14-7-2-1-3-8-14)12-6-10-15-9-4-5-11-16(15)18(20)21/h1-9,11-12H,10,13H2/b12-6+. The number of nitro benzene ring substituents is 1. The lowest BCUT2D eigenvalue weighted by molar-refractivity contribution is -0.385. The number of para-hydroxylation sites is 1. The van der Waals surface area contributed by atoms with E-state index < -0.39 is 4.92 Å². The molecule has 0 aliphatic heterocycles. The van der Waals surface area contributed by atoms with Gasteiger partial charge in [0, 0.05) is 17.4 Å². The van der Waals surface area contributed by atoms with E-state index in [-0.39, 0.29) is 10.8 Å². The molecule has 5 heteroatoms. The Labute approximate surface area is 133 Å². The maximum Gasteiger partial charge on any atom is 0.272 e. The van der Waals surface area contributed by atoms with Gasteiger partial charge in [-0.2, -0.15) is 0 Å². The Morgan fingerprint density at radius 2 is 1.77 bits per heavy atom. The molecule has 0 radical (unpaired) electrons. The van der Waals surface area contributed by atoms with Crippen LogP contribution in [0.3, 0.4) is 0 Å². The van der Waals surface area contributed by atoms with Crippen molar-refractivity contribution in [3.05, 3.63) is 88.0 Å². The summed E-state index contributed by atoms with van der Waals surface area (Å²) in [6.07, 6.45) is 3.52. The summed E-state index contributed by atoms with van der Waals surface area (Å²) in [5.41, 5.74) is 1.77. The van der Waals surface area contributed by atoms with Gasteiger partial charge in [0.2, 0.25) is 5.12 Å². The molecule has 2 aromatic carbocycles. The number of carbonyl (C=O) groups excluding carboxylic acids is 1. The van der Waals surface area contributed by atoms with Crippen LogP contribution in [0.5, 0.6) is 0 Å². The van der Waals surface area contributed by atoms with Gasteiger partial charge in [-0.3, -0.25) is 14.9 Å². The van der Waals surface area contributed by atoms with E-state index in [2.05, 4.69) is 0 Å². The molecule has 0 atom stereocenters. The topological polar surface area (TPSA) is 60.2 Å². The van der Waals surface area contributed by atoms with E-state index in [1.54, 1.807) is 24.3 Å². The predicted octanol–water partition coefficient (Wildman–Crippen LogP) is 4.15. The van der Waals surface area contributed by atoms with Crippen molar-refractivity contribution < 1.29 is 9.72 Å². The molecule has 0 aliphatic carbocycles. The second-order valence-electron chi connectivity index (χ2n) is 4.59. The Morgan fingerprint density at radius 3 is 2.50 bits per heavy atom. The van der Waals surface area contributed by atoms with Crippen LogP contribution in [0.25, 0.3) is 0 Å². The molecule has 0 aromatic heterocycles. The summed E-state index contributed by atoms with van der Waals surface area (Å²) in [5.74, 6) is 0.621. The predicted molar refractivity (Wildman–Crippen MR) is 88.7 cm³/mol. The average molecular weight is 313 g/mol. The number of carbonyl (C=O) groups is 1. The monoisotopic (exact) mass is 313 g/mol. The van der Waals surface area contributed by atoms with E-state index in [1.165, 1.54) is 23.9 Å². The molecule has 0 N–H and O–H groups in total. The average Bonchev–Trinajstić information content (AvgIpc) is 2.54. The molecule has 0 amide bonds. The van der Waals surface area contributed by atoms with Crippen molar-refractivity contribution in [2.24, 2.45) is 0 Å². The minimum atomic E-state index is -0.408. The zero-order valence-electron chi connectivity index (χ0n) is 11.8. The van der Waals surface area contributed by atoms with Gasteiger partial charge in [-0.05, 0) is 18.1 Å². The molecule has 2 rings (SSSR count). The van der Waals surface area contributed by atoms with Gasteiger partial charge in [-0.1, -0.05) is 66.4 Å². The van der Waals surface area contributed by atoms with Gasteiger partial charge in [0.15, 0.2) is 0 Å². The third-order valence-corrected chi connectivity index (χ3v) is 3.90. The number of nitro groups is 1. The molecule has 0 heterocycles.